The summed E-state index contributed by atoms with van der Waals surface area (Å²) in [7, 11) is 2.93. The highest BCUT2D eigenvalue weighted by Gasteiger charge is 2.20. The lowest BCUT2D eigenvalue weighted by Crippen LogP contribution is -2.02. The van der Waals surface area contributed by atoms with Crippen LogP contribution in [0.4, 0.5) is 0 Å². The van der Waals surface area contributed by atoms with Gasteiger partial charge < -0.3 is 14.0 Å². The van der Waals surface area contributed by atoms with Crippen molar-refractivity contribution in [3.05, 3.63) is 41.7 Å². The molecule has 5 heteroatoms. The number of methoxy groups -OCH3 is 2. The highest BCUT2D eigenvalue weighted by Crippen LogP contribution is 2.31. The molecule has 0 fully saturated rings. The van der Waals surface area contributed by atoms with Crippen molar-refractivity contribution in [1.82, 2.24) is 5.16 Å². The number of esters is 1. The Morgan fingerprint density at radius 3 is 2.85 bits per heavy atom. The summed E-state index contributed by atoms with van der Waals surface area (Å²) in [4.78, 5) is 11.9. The summed E-state index contributed by atoms with van der Waals surface area (Å²) >= 11 is 0. The first kappa shape index (κ1) is 12.6. The van der Waals surface area contributed by atoms with E-state index in [-0.39, 0.29) is 0 Å². The van der Waals surface area contributed by atoms with Crippen molar-refractivity contribution in [3.8, 4) is 0 Å². The molecule has 0 N–H and O–H groups in total. The van der Waals surface area contributed by atoms with E-state index in [1.807, 2.05) is 24.3 Å². The minimum absolute atomic E-state index is 0.297. The lowest BCUT2D eigenvalue weighted by molar-refractivity contribution is 0.0602. The normalized spacial score (nSPS) is 11.1. The molecular weight excluding hydrogens is 258 g/mol. The van der Waals surface area contributed by atoms with Gasteiger partial charge in [0.05, 0.1) is 18.1 Å². The Labute approximate surface area is 115 Å². The monoisotopic (exact) mass is 271 g/mol. The molecule has 0 saturated heterocycles. The largest absolute Gasteiger partial charge is 0.465 e. The summed E-state index contributed by atoms with van der Waals surface area (Å²) in [5.41, 5.74) is 0.898. The summed E-state index contributed by atoms with van der Waals surface area (Å²) < 4.78 is 15.2. The third kappa shape index (κ3) is 1.83. The minimum atomic E-state index is -0.432. The van der Waals surface area contributed by atoms with E-state index >= 15 is 0 Å². The SMILES string of the molecule is COCc1onc2c(C(=O)OC)cc3ccccc3c12. The van der Waals surface area contributed by atoms with Crippen molar-refractivity contribution in [3.63, 3.8) is 0 Å². The smallest absolute Gasteiger partial charge is 0.340 e. The zero-order valence-corrected chi connectivity index (χ0v) is 11.2. The van der Waals surface area contributed by atoms with Crippen LogP contribution in [-0.2, 0) is 16.1 Å². The van der Waals surface area contributed by atoms with Crippen molar-refractivity contribution in [1.29, 1.82) is 0 Å². The average Bonchev–Trinajstić information content (AvgIpc) is 2.90. The van der Waals surface area contributed by atoms with Crippen molar-refractivity contribution < 1.29 is 18.8 Å². The van der Waals surface area contributed by atoms with Crippen LogP contribution in [0.3, 0.4) is 0 Å². The topological polar surface area (TPSA) is 61.6 Å². The first-order chi connectivity index (χ1) is 9.76. The van der Waals surface area contributed by atoms with Gasteiger partial charge in [0.1, 0.15) is 12.1 Å². The molecule has 0 radical (unpaired) electrons. The van der Waals surface area contributed by atoms with Gasteiger partial charge in [-0.3, -0.25) is 0 Å². The molecule has 0 spiro atoms. The Bertz CT molecular complexity index is 791. The van der Waals surface area contributed by atoms with E-state index in [1.165, 1.54) is 7.11 Å². The molecule has 0 saturated carbocycles. The van der Waals surface area contributed by atoms with Crippen molar-refractivity contribution >= 4 is 27.6 Å². The summed E-state index contributed by atoms with van der Waals surface area (Å²) in [5.74, 6) is 0.169. The number of ether oxygens (including phenoxy) is 2. The molecule has 0 aliphatic carbocycles. The summed E-state index contributed by atoms with van der Waals surface area (Å²) in [5, 5.41) is 6.70. The zero-order valence-electron chi connectivity index (χ0n) is 11.2. The van der Waals surface area contributed by atoms with Crippen LogP contribution < -0.4 is 0 Å². The summed E-state index contributed by atoms with van der Waals surface area (Å²) in [6.45, 7) is 0.297. The van der Waals surface area contributed by atoms with Crippen LogP contribution >= 0.6 is 0 Å². The maximum absolute atomic E-state index is 11.9. The van der Waals surface area contributed by atoms with Gasteiger partial charge in [0, 0.05) is 7.11 Å². The molecule has 1 aromatic heterocycles. The van der Waals surface area contributed by atoms with Crippen molar-refractivity contribution in [2.45, 2.75) is 6.61 Å². The number of fused-ring (bicyclic) bond motifs is 3. The van der Waals surface area contributed by atoms with E-state index < -0.39 is 5.97 Å². The third-order valence-electron chi connectivity index (χ3n) is 3.23. The fourth-order valence-electron chi connectivity index (χ4n) is 2.36. The lowest BCUT2D eigenvalue weighted by atomic mass is 10.0. The maximum atomic E-state index is 11.9. The van der Waals surface area contributed by atoms with E-state index in [4.69, 9.17) is 14.0 Å². The van der Waals surface area contributed by atoms with Crippen molar-refractivity contribution in [2.24, 2.45) is 0 Å². The highest BCUT2D eigenvalue weighted by atomic mass is 16.5. The molecule has 2 aromatic carbocycles. The molecule has 5 nitrogen and oxygen atoms in total. The molecule has 20 heavy (non-hydrogen) atoms. The molecule has 102 valence electrons. The lowest BCUT2D eigenvalue weighted by Gasteiger charge is -2.04. The number of benzene rings is 2. The van der Waals surface area contributed by atoms with Crippen molar-refractivity contribution in [2.75, 3.05) is 14.2 Å². The quantitative estimate of drug-likeness (QED) is 0.685. The van der Waals surface area contributed by atoms with Gasteiger partial charge in [-0.2, -0.15) is 0 Å². The van der Waals surface area contributed by atoms with E-state index in [0.29, 0.717) is 23.4 Å². The molecule has 0 unspecified atom stereocenters. The highest BCUT2D eigenvalue weighted by molar-refractivity contribution is 6.15. The zero-order chi connectivity index (χ0) is 14.1. The van der Waals surface area contributed by atoms with Gasteiger partial charge in [-0.15, -0.1) is 0 Å². The van der Waals surface area contributed by atoms with E-state index in [0.717, 1.165) is 16.2 Å². The van der Waals surface area contributed by atoms with Crippen LogP contribution in [0.15, 0.2) is 34.9 Å². The fraction of sp³-hybridized carbons (Fsp3) is 0.200. The summed E-state index contributed by atoms with van der Waals surface area (Å²) in [6, 6.07) is 9.52. The second-order valence-electron chi connectivity index (χ2n) is 4.40. The number of aromatic nitrogens is 1. The predicted octanol–water partition coefficient (Wildman–Crippen LogP) is 2.91. The molecule has 3 rings (SSSR count). The van der Waals surface area contributed by atoms with Crippen LogP contribution in [0.1, 0.15) is 16.1 Å². The third-order valence-corrected chi connectivity index (χ3v) is 3.23. The van der Waals surface area contributed by atoms with E-state index in [1.54, 1.807) is 13.2 Å². The predicted molar refractivity (Wildman–Crippen MR) is 73.6 cm³/mol. The van der Waals surface area contributed by atoms with Crippen LogP contribution in [0.2, 0.25) is 0 Å². The van der Waals surface area contributed by atoms with Crippen LogP contribution in [0.5, 0.6) is 0 Å². The first-order valence-electron chi connectivity index (χ1n) is 6.13. The second-order valence-corrected chi connectivity index (χ2v) is 4.40. The molecule has 1 heterocycles. The standard InChI is InChI=1S/C15H13NO4/c1-18-8-12-13-10-6-4-3-5-9(10)7-11(15(17)19-2)14(13)16-20-12/h3-7H,8H2,1-2H3. The molecular formula is C15H13NO4. The number of hydrogen-bond donors (Lipinski definition) is 0. The van der Waals surface area contributed by atoms with Crippen LogP contribution in [0.25, 0.3) is 21.7 Å². The van der Waals surface area contributed by atoms with Gasteiger partial charge in [-0.1, -0.05) is 29.4 Å². The molecule has 0 atom stereocenters. The summed E-state index contributed by atoms with van der Waals surface area (Å²) in [6.07, 6.45) is 0. The Morgan fingerprint density at radius 2 is 2.10 bits per heavy atom. The molecule has 0 amide bonds. The van der Waals surface area contributed by atoms with Gasteiger partial charge in [0.25, 0.3) is 0 Å². The van der Waals surface area contributed by atoms with Gasteiger partial charge in [-0.05, 0) is 16.8 Å². The second kappa shape index (κ2) is 4.94. The van der Waals surface area contributed by atoms with Crippen LogP contribution in [0, 0.1) is 0 Å². The minimum Gasteiger partial charge on any atom is -0.465 e. The van der Waals surface area contributed by atoms with Gasteiger partial charge in [0.2, 0.25) is 0 Å². The average molecular weight is 271 g/mol. The van der Waals surface area contributed by atoms with Gasteiger partial charge >= 0.3 is 5.97 Å². The van der Waals surface area contributed by atoms with Crippen LogP contribution in [-0.4, -0.2) is 25.3 Å². The Hall–Kier alpha value is -2.40. The Balaban J connectivity index is 2.43. The van der Waals surface area contributed by atoms with Gasteiger partial charge in [-0.25, -0.2) is 4.79 Å². The molecule has 3 aromatic rings. The van der Waals surface area contributed by atoms with E-state index in [9.17, 15) is 4.79 Å². The molecule has 0 aliphatic heterocycles. The Kier molecular flexibility index (Phi) is 3.12. The number of carbonyl (C=O) groups is 1. The number of rotatable bonds is 3. The number of nitrogens with zero attached hydrogens (tertiary/aromatic N) is 1. The Morgan fingerprint density at radius 1 is 1.30 bits per heavy atom. The maximum Gasteiger partial charge on any atom is 0.340 e. The van der Waals surface area contributed by atoms with Gasteiger partial charge in [0.15, 0.2) is 5.76 Å². The number of hydrogen-bond acceptors (Lipinski definition) is 5. The molecule has 0 bridgehead atoms. The fourth-order valence-corrected chi connectivity index (χ4v) is 2.36. The molecule has 0 aliphatic rings. The number of carbonyl (C=O) groups excluding carboxylic acids is 1. The van der Waals surface area contributed by atoms with E-state index in [2.05, 4.69) is 5.16 Å². The first-order valence-corrected chi connectivity index (χ1v) is 6.13.